The Bertz CT molecular complexity index is 494. The van der Waals surface area contributed by atoms with Gasteiger partial charge in [-0.25, -0.2) is 12.7 Å². The summed E-state index contributed by atoms with van der Waals surface area (Å²) < 4.78 is 27.7. The lowest BCUT2D eigenvalue weighted by Gasteiger charge is -2.24. The molecule has 0 fully saturated rings. The van der Waals surface area contributed by atoms with Gasteiger partial charge in [0.1, 0.15) is 0 Å². The van der Waals surface area contributed by atoms with Crippen molar-refractivity contribution in [2.45, 2.75) is 142 Å². The number of nitriles is 1. The van der Waals surface area contributed by atoms with E-state index >= 15 is 0 Å². The van der Waals surface area contributed by atoms with E-state index in [2.05, 4.69) is 19.9 Å². The summed E-state index contributed by atoms with van der Waals surface area (Å²) in [7, 11) is -3.51. The molecule has 0 aliphatic carbocycles. The summed E-state index contributed by atoms with van der Waals surface area (Å²) in [5.74, 6) is 0. The fourth-order valence-electron chi connectivity index (χ4n) is 3.93. The van der Waals surface area contributed by atoms with Crippen molar-refractivity contribution in [3.8, 4) is 6.07 Å². The summed E-state index contributed by atoms with van der Waals surface area (Å²) >= 11 is 0. The molecule has 0 aromatic rings. The lowest BCUT2D eigenvalue weighted by atomic mass is 10.1. The second kappa shape index (κ2) is 20.3. The van der Waals surface area contributed by atoms with Crippen molar-refractivity contribution in [2.75, 3.05) is 13.1 Å². The summed E-state index contributed by atoms with van der Waals surface area (Å²) in [4.78, 5) is 0. The van der Waals surface area contributed by atoms with Crippen LogP contribution in [0.15, 0.2) is 0 Å². The third kappa shape index (κ3) is 14.4. The smallest absolute Gasteiger partial charge is 0.211 e. The third-order valence-electron chi connectivity index (χ3n) is 5.94. The van der Waals surface area contributed by atoms with E-state index in [-0.39, 0.29) is 0 Å². The van der Waals surface area contributed by atoms with E-state index in [1.165, 1.54) is 77.0 Å². The van der Waals surface area contributed by atoms with Crippen molar-refractivity contribution in [2.24, 2.45) is 0 Å². The van der Waals surface area contributed by atoms with Gasteiger partial charge in [-0.2, -0.15) is 5.26 Å². The topological polar surface area (TPSA) is 61.2 Å². The molecule has 0 aromatic carbocycles. The van der Waals surface area contributed by atoms with Crippen LogP contribution in [-0.2, 0) is 10.0 Å². The average molecular weight is 443 g/mol. The number of hydrogen-bond acceptors (Lipinski definition) is 3. The van der Waals surface area contributed by atoms with Crippen molar-refractivity contribution >= 4 is 10.0 Å². The van der Waals surface area contributed by atoms with Gasteiger partial charge in [-0.3, -0.25) is 0 Å². The van der Waals surface area contributed by atoms with Crippen LogP contribution in [0.25, 0.3) is 0 Å². The molecule has 0 saturated carbocycles. The lowest BCUT2D eigenvalue weighted by molar-refractivity contribution is 0.379. The van der Waals surface area contributed by atoms with Crippen LogP contribution in [0.5, 0.6) is 0 Å². The fraction of sp³-hybridized carbons (Fsp3) is 0.960. The Hall–Kier alpha value is -0.600. The minimum absolute atomic E-state index is 0.435. The Labute approximate surface area is 188 Å². The maximum Gasteiger partial charge on any atom is 0.230 e. The number of nitrogens with zero attached hydrogens (tertiary/aromatic N) is 2. The van der Waals surface area contributed by atoms with Crippen molar-refractivity contribution in [1.29, 1.82) is 5.26 Å². The SMILES string of the molecule is CCCCCCCCCCN(CCCCCCCCCC)S(=O)(=O)C(C#N)CCC. The van der Waals surface area contributed by atoms with Crippen LogP contribution in [0.4, 0.5) is 0 Å². The molecule has 4 nitrogen and oxygen atoms in total. The molecule has 0 bridgehead atoms. The zero-order valence-corrected chi connectivity index (χ0v) is 21.2. The number of hydrogen-bond donors (Lipinski definition) is 0. The van der Waals surface area contributed by atoms with Crippen molar-refractivity contribution in [3.05, 3.63) is 0 Å². The Morgan fingerprint density at radius 3 is 1.33 bits per heavy atom. The van der Waals surface area contributed by atoms with E-state index in [1.807, 2.05) is 6.92 Å². The van der Waals surface area contributed by atoms with Gasteiger partial charge in [0.05, 0.1) is 6.07 Å². The molecule has 0 amide bonds. The van der Waals surface area contributed by atoms with Gasteiger partial charge in [-0.05, 0) is 19.3 Å². The van der Waals surface area contributed by atoms with Crippen LogP contribution in [0.2, 0.25) is 0 Å². The predicted octanol–water partition coefficient (Wildman–Crippen LogP) is 7.59. The molecule has 0 spiro atoms. The van der Waals surface area contributed by atoms with E-state index < -0.39 is 15.3 Å². The van der Waals surface area contributed by atoms with E-state index in [4.69, 9.17) is 0 Å². The van der Waals surface area contributed by atoms with Gasteiger partial charge in [0, 0.05) is 13.1 Å². The van der Waals surface area contributed by atoms with Gasteiger partial charge in [0.25, 0.3) is 0 Å². The summed E-state index contributed by atoms with van der Waals surface area (Å²) in [6, 6.07) is 2.05. The molecule has 0 aliphatic heterocycles. The van der Waals surface area contributed by atoms with Crippen LogP contribution in [0.3, 0.4) is 0 Å². The largest absolute Gasteiger partial charge is 0.230 e. The lowest BCUT2D eigenvalue weighted by Crippen LogP contribution is -2.39. The van der Waals surface area contributed by atoms with Gasteiger partial charge in [-0.1, -0.05) is 117 Å². The molecule has 1 atom stereocenters. The van der Waals surface area contributed by atoms with Crippen LogP contribution >= 0.6 is 0 Å². The molecular formula is C25H50N2O2S. The highest BCUT2D eigenvalue weighted by Gasteiger charge is 2.30. The van der Waals surface area contributed by atoms with Crippen molar-refractivity contribution < 1.29 is 8.42 Å². The summed E-state index contributed by atoms with van der Waals surface area (Å²) in [5.41, 5.74) is 0. The first-order chi connectivity index (χ1) is 14.5. The number of rotatable bonds is 22. The molecule has 0 saturated heterocycles. The van der Waals surface area contributed by atoms with Gasteiger partial charge < -0.3 is 0 Å². The van der Waals surface area contributed by atoms with Gasteiger partial charge in [-0.15, -0.1) is 0 Å². The first-order valence-electron chi connectivity index (χ1n) is 12.9. The maximum absolute atomic E-state index is 13.0. The Morgan fingerprint density at radius 2 is 1.00 bits per heavy atom. The molecule has 0 N–H and O–H groups in total. The van der Waals surface area contributed by atoms with Crippen LogP contribution < -0.4 is 0 Å². The monoisotopic (exact) mass is 442 g/mol. The van der Waals surface area contributed by atoms with Crippen LogP contribution in [0.1, 0.15) is 136 Å². The minimum Gasteiger partial charge on any atom is -0.211 e. The molecule has 0 heterocycles. The Kier molecular flexibility index (Phi) is 19.9. The molecule has 30 heavy (non-hydrogen) atoms. The molecule has 0 aromatic heterocycles. The van der Waals surface area contributed by atoms with Crippen molar-refractivity contribution in [3.63, 3.8) is 0 Å². The quantitative estimate of drug-likeness (QED) is 0.162. The molecule has 178 valence electrons. The van der Waals surface area contributed by atoms with E-state index in [9.17, 15) is 13.7 Å². The summed E-state index contributed by atoms with van der Waals surface area (Å²) in [6.07, 6.45) is 20.4. The van der Waals surface area contributed by atoms with Crippen LogP contribution in [-0.4, -0.2) is 31.1 Å². The van der Waals surface area contributed by atoms with E-state index in [0.717, 1.165) is 32.1 Å². The molecule has 1 unspecified atom stereocenters. The van der Waals surface area contributed by atoms with E-state index in [0.29, 0.717) is 19.5 Å². The highest BCUT2D eigenvalue weighted by atomic mass is 32.2. The van der Waals surface area contributed by atoms with Gasteiger partial charge in [0.2, 0.25) is 10.0 Å². The second-order valence-electron chi connectivity index (χ2n) is 8.80. The molecule has 0 radical (unpaired) electrons. The standard InChI is InChI=1S/C25H50N2O2S/c1-4-7-9-11-13-15-17-19-22-27(30(28,29)25(24-26)21-6-3)23-20-18-16-14-12-10-8-5-2/h25H,4-23H2,1-3H3. The Morgan fingerprint density at radius 1 is 0.633 bits per heavy atom. The van der Waals surface area contributed by atoms with Gasteiger partial charge >= 0.3 is 0 Å². The van der Waals surface area contributed by atoms with Gasteiger partial charge in [0.15, 0.2) is 5.25 Å². The average Bonchev–Trinajstić information content (AvgIpc) is 2.73. The van der Waals surface area contributed by atoms with Crippen LogP contribution in [0, 0.1) is 11.3 Å². The summed E-state index contributed by atoms with van der Waals surface area (Å²) in [5, 5.41) is 8.53. The van der Waals surface area contributed by atoms with Crippen molar-refractivity contribution in [1.82, 2.24) is 4.31 Å². The molecule has 0 rings (SSSR count). The number of unbranched alkanes of at least 4 members (excludes halogenated alkanes) is 14. The Balaban J connectivity index is 4.44. The molecule has 5 heteroatoms. The molecular weight excluding hydrogens is 392 g/mol. The maximum atomic E-state index is 13.0. The number of sulfonamides is 1. The third-order valence-corrected chi connectivity index (χ3v) is 8.08. The first-order valence-corrected chi connectivity index (χ1v) is 14.4. The second-order valence-corrected chi connectivity index (χ2v) is 10.9. The zero-order chi connectivity index (χ0) is 22.5. The van der Waals surface area contributed by atoms with E-state index in [1.54, 1.807) is 4.31 Å². The minimum atomic E-state index is -3.51. The molecule has 0 aliphatic rings. The normalized spacial score (nSPS) is 12.9. The fourth-order valence-corrected chi connectivity index (χ4v) is 5.73. The highest BCUT2D eigenvalue weighted by molar-refractivity contribution is 7.90. The summed E-state index contributed by atoms with van der Waals surface area (Å²) in [6.45, 7) is 7.57. The first kappa shape index (κ1) is 29.4. The highest BCUT2D eigenvalue weighted by Crippen LogP contribution is 2.18. The predicted molar refractivity (Wildman–Crippen MR) is 130 cm³/mol. The zero-order valence-electron chi connectivity index (χ0n) is 20.3.